The molecule has 2 aliphatic heterocycles. The van der Waals surface area contributed by atoms with Gasteiger partial charge < -0.3 is 9.64 Å². The lowest BCUT2D eigenvalue weighted by Crippen LogP contribution is -2.46. The molecule has 0 aromatic heterocycles. The topological polar surface area (TPSA) is 32.8 Å². The molecule has 4 heteroatoms. The molecule has 0 spiro atoms. The van der Waals surface area contributed by atoms with Crippen molar-refractivity contribution >= 4 is 11.7 Å². The number of carbonyl (C=O) groups excluding carboxylic acids is 1. The van der Waals surface area contributed by atoms with Gasteiger partial charge in [-0.25, -0.2) is 0 Å². The molecule has 34 heavy (non-hydrogen) atoms. The molecule has 0 bridgehead atoms. The van der Waals surface area contributed by atoms with E-state index in [1.54, 1.807) is 0 Å². The molecule has 2 fully saturated rings. The molecular formula is C30H34N2O2. The minimum absolute atomic E-state index is 0.0400. The Morgan fingerprint density at radius 1 is 0.824 bits per heavy atom. The summed E-state index contributed by atoms with van der Waals surface area (Å²) in [6, 6.07) is 29.1. The van der Waals surface area contributed by atoms with E-state index in [4.69, 9.17) is 4.74 Å². The van der Waals surface area contributed by atoms with E-state index in [9.17, 15) is 4.79 Å². The first-order chi connectivity index (χ1) is 16.6. The predicted octanol–water partition coefficient (Wildman–Crippen LogP) is 5.20. The van der Waals surface area contributed by atoms with E-state index >= 15 is 0 Å². The highest BCUT2D eigenvalue weighted by Gasteiger charge is 2.51. The third kappa shape index (κ3) is 4.60. The highest BCUT2D eigenvalue weighted by Crippen LogP contribution is 2.44. The summed E-state index contributed by atoms with van der Waals surface area (Å²) in [5.41, 5.74) is 3.98. The van der Waals surface area contributed by atoms with Gasteiger partial charge in [0, 0.05) is 38.3 Å². The molecule has 3 aromatic carbocycles. The lowest BCUT2D eigenvalue weighted by atomic mass is 9.72. The van der Waals surface area contributed by atoms with Crippen molar-refractivity contribution in [3.63, 3.8) is 0 Å². The highest BCUT2D eigenvalue weighted by molar-refractivity contribution is 5.89. The van der Waals surface area contributed by atoms with Gasteiger partial charge in [0.25, 0.3) is 0 Å². The summed E-state index contributed by atoms with van der Waals surface area (Å²) < 4.78 is 5.99. The van der Waals surface area contributed by atoms with Gasteiger partial charge in [0.1, 0.15) is 11.5 Å². The van der Waals surface area contributed by atoms with E-state index in [0.717, 1.165) is 56.7 Å². The molecule has 2 aliphatic rings. The Hall–Kier alpha value is -3.11. The van der Waals surface area contributed by atoms with Crippen LogP contribution < -0.4 is 4.90 Å². The molecule has 5 rings (SSSR count). The van der Waals surface area contributed by atoms with Crippen molar-refractivity contribution in [2.75, 3.05) is 37.6 Å². The van der Waals surface area contributed by atoms with E-state index in [1.165, 1.54) is 11.3 Å². The minimum atomic E-state index is -0.702. The second-order valence-corrected chi connectivity index (χ2v) is 9.68. The van der Waals surface area contributed by atoms with Crippen LogP contribution in [0.1, 0.15) is 36.0 Å². The number of anilines is 1. The minimum Gasteiger partial charge on any atom is -0.461 e. The van der Waals surface area contributed by atoms with E-state index in [1.807, 2.05) is 36.4 Å². The third-order valence-electron chi connectivity index (χ3n) is 7.46. The summed E-state index contributed by atoms with van der Waals surface area (Å²) in [4.78, 5) is 18.3. The number of nitrogens with zero attached hydrogens (tertiary/aromatic N) is 2. The average molecular weight is 455 g/mol. The monoisotopic (exact) mass is 454 g/mol. The van der Waals surface area contributed by atoms with E-state index in [-0.39, 0.29) is 12.1 Å². The largest absolute Gasteiger partial charge is 0.461 e. The molecule has 0 aliphatic carbocycles. The van der Waals surface area contributed by atoms with Crippen LogP contribution in [0.4, 0.5) is 5.69 Å². The Bertz CT molecular complexity index is 1030. The van der Waals surface area contributed by atoms with Gasteiger partial charge in [0.05, 0.1) is 0 Å². The maximum atomic E-state index is 13.3. The van der Waals surface area contributed by atoms with Crippen molar-refractivity contribution in [1.82, 2.24) is 4.90 Å². The van der Waals surface area contributed by atoms with Gasteiger partial charge in [-0.2, -0.15) is 0 Å². The molecule has 0 N–H and O–H groups in total. The van der Waals surface area contributed by atoms with Gasteiger partial charge in [0.2, 0.25) is 0 Å². The van der Waals surface area contributed by atoms with Gasteiger partial charge in [0.15, 0.2) is 0 Å². The van der Waals surface area contributed by atoms with Crippen molar-refractivity contribution < 1.29 is 9.53 Å². The quantitative estimate of drug-likeness (QED) is 0.460. The average Bonchev–Trinajstić information content (AvgIpc) is 3.23. The first-order valence-electron chi connectivity index (χ1n) is 12.5. The maximum absolute atomic E-state index is 13.3. The van der Waals surface area contributed by atoms with E-state index < -0.39 is 5.41 Å². The van der Waals surface area contributed by atoms with Gasteiger partial charge >= 0.3 is 5.97 Å². The summed E-state index contributed by atoms with van der Waals surface area (Å²) in [7, 11) is 0. The predicted molar refractivity (Wildman–Crippen MR) is 137 cm³/mol. The zero-order chi connectivity index (χ0) is 23.4. The summed E-state index contributed by atoms with van der Waals surface area (Å²) in [5, 5.41) is 0. The first-order valence-corrected chi connectivity index (χ1v) is 12.5. The maximum Gasteiger partial charge on any atom is 0.321 e. The van der Waals surface area contributed by atoms with Crippen molar-refractivity contribution in [2.24, 2.45) is 0 Å². The van der Waals surface area contributed by atoms with Crippen LogP contribution in [-0.4, -0.2) is 49.7 Å². The van der Waals surface area contributed by atoms with Crippen LogP contribution in [0.25, 0.3) is 0 Å². The summed E-state index contributed by atoms with van der Waals surface area (Å²) >= 11 is 0. The third-order valence-corrected chi connectivity index (χ3v) is 7.46. The molecule has 176 valence electrons. The summed E-state index contributed by atoms with van der Waals surface area (Å²) in [6.07, 6.45) is 2.62. The van der Waals surface area contributed by atoms with Crippen LogP contribution in [-0.2, 0) is 14.9 Å². The fourth-order valence-electron chi connectivity index (χ4n) is 5.49. The second kappa shape index (κ2) is 10.0. The van der Waals surface area contributed by atoms with Crippen LogP contribution in [0.2, 0.25) is 0 Å². The number of cyclic esters (lactones) is 1. The number of aryl methyl sites for hydroxylation is 1. The van der Waals surface area contributed by atoms with Crippen molar-refractivity contribution in [2.45, 2.75) is 37.7 Å². The number of esters is 1. The number of benzene rings is 3. The molecule has 0 saturated carbocycles. The Balaban J connectivity index is 1.17. The number of hydrogen-bond acceptors (Lipinski definition) is 4. The summed E-state index contributed by atoms with van der Waals surface area (Å²) in [6.45, 7) is 7.47. The molecular weight excluding hydrogens is 420 g/mol. The van der Waals surface area contributed by atoms with Crippen LogP contribution in [0.15, 0.2) is 84.9 Å². The Morgan fingerprint density at radius 3 is 2.00 bits per heavy atom. The van der Waals surface area contributed by atoms with Gasteiger partial charge in [-0.05, 0) is 49.6 Å². The van der Waals surface area contributed by atoms with Crippen molar-refractivity contribution in [1.29, 1.82) is 0 Å². The summed E-state index contributed by atoms with van der Waals surface area (Å²) in [5.74, 6) is -0.110. The Kier molecular flexibility index (Phi) is 6.68. The fourth-order valence-corrected chi connectivity index (χ4v) is 5.49. The SMILES string of the molecule is Cc1ccc(N2CCN(CCCC3CC(c4ccccc4)(c4ccccc4)C(=O)O3)CC2)cc1. The van der Waals surface area contributed by atoms with E-state index in [2.05, 4.69) is 65.3 Å². The zero-order valence-electron chi connectivity index (χ0n) is 20.0. The number of ether oxygens (including phenoxy) is 1. The molecule has 3 aromatic rings. The molecule has 0 amide bonds. The first kappa shape index (κ1) is 22.7. The molecule has 2 saturated heterocycles. The van der Waals surface area contributed by atoms with Gasteiger partial charge in [-0.3, -0.25) is 9.69 Å². The standard InChI is InChI=1S/C30H34N2O2/c1-24-14-16-27(17-15-24)32-21-19-31(20-22-32)18-8-13-28-23-30(29(33)34-28,25-9-4-2-5-10-25)26-11-6-3-7-12-26/h2-7,9-12,14-17,28H,8,13,18-23H2,1H3. The van der Waals surface area contributed by atoms with Gasteiger partial charge in [-0.15, -0.1) is 0 Å². The molecule has 1 unspecified atom stereocenters. The van der Waals surface area contributed by atoms with Crippen LogP contribution in [0, 0.1) is 6.92 Å². The van der Waals surface area contributed by atoms with Crippen LogP contribution in [0.5, 0.6) is 0 Å². The van der Waals surface area contributed by atoms with Crippen molar-refractivity contribution in [3.05, 3.63) is 102 Å². The molecule has 2 heterocycles. The Labute approximate surface area is 203 Å². The second-order valence-electron chi connectivity index (χ2n) is 9.68. The smallest absolute Gasteiger partial charge is 0.321 e. The van der Waals surface area contributed by atoms with Crippen LogP contribution >= 0.6 is 0 Å². The molecule has 1 atom stereocenters. The lowest BCUT2D eigenvalue weighted by Gasteiger charge is -2.36. The fraction of sp³-hybridized carbons (Fsp3) is 0.367. The van der Waals surface area contributed by atoms with Crippen LogP contribution in [0.3, 0.4) is 0 Å². The number of carbonyl (C=O) groups is 1. The number of hydrogen-bond donors (Lipinski definition) is 0. The number of piperazine rings is 1. The Morgan fingerprint density at radius 2 is 1.41 bits per heavy atom. The van der Waals surface area contributed by atoms with E-state index in [0.29, 0.717) is 6.42 Å². The zero-order valence-corrected chi connectivity index (χ0v) is 20.0. The highest BCUT2D eigenvalue weighted by atomic mass is 16.6. The normalized spacial score (nSPS) is 20.3. The van der Waals surface area contributed by atoms with Crippen molar-refractivity contribution in [3.8, 4) is 0 Å². The number of rotatable bonds is 7. The molecule has 4 nitrogen and oxygen atoms in total. The molecule has 0 radical (unpaired) electrons. The lowest BCUT2D eigenvalue weighted by molar-refractivity contribution is -0.144. The van der Waals surface area contributed by atoms with Gasteiger partial charge in [-0.1, -0.05) is 78.4 Å².